The molecule has 1 saturated heterocycles. The largest absolute Gasteiger partial charge is 0.324 e. The molecule has 0 saturated carbocycles. The maximum atomic E-state index is 14.0. The first-order valence-corrected chi connectivity index (χ1v) is 12.6. The van der Waals surface area contributed by atoms with E-state index in [0.29, 0.717) is 17.8 Å². The Labute approximate surface area is 209 Å². The van der Waals surface area contributed by atoms with Gasteiger partial charge < -0.3 is 5.32 Å². The Morgan fingerprint density at radius 3 is 1.57 bits per heavy atom. The SMILES string of the molecule is CC(C)c1ccc(NC(=O)C2(c3ccc(C(C)C)cc3)CC(=O)N2c2ccc(C(C)C)cc2)cc1. The van der Waals surface area contributed by atoms with E-state index in [1.54, 1.807) is 4.90 Å². The minimum Gasteiger partial charge on any atom is -0.324 e. The van der Waals surface area contributed by atoms with Crippen molar-refractivity contribution in [3.63, 3.8) is 0 Å². The van der Waals surface area contributed by atoms with Crippen molar-refractivity contribution in [2.75, 3.05) is 10.2 Å². The lowest BCUT2D eigenvalue weighted by Gasteiger charge is -2.50. The molecule has 1 heterocycles. The van der Waals surface area contributed by atoms with Crippen LogP contribution in [-0.2, 0) is 15.1 Å². The smallest absolute Gasteiger partial charge is 0.255 e. The maximum absolute atomic E-state index is 14.0. The second kappa shape index (κ2) is 9.69. The summed E-state index contributed by atoms with van der Waals surface area (Å²) in [5.41, 5.74) is 4.81. The number of anilines is 2. The molecular formula is C31H36N2O2. The fourth-order valence-corrected chi connectivity index (χ4v) is 4.74. The molecule has 0 radical (unpaired) electrons. The lowest BCUT2D eigenvalue weighted by molar-refractivity contribution is -0.137. The Hall–Kier alpha value is -3.40. The third kappa shape index (κ3) is 4.62. The Balaban J connectivity index is 1.74. The number of benzene rings is 3. The molecule has 4 nitrogen and oxygen atoms in total. The van der Waals surface area contributed by atoms with Crippen LogP contribution in [0.5, 0.6) is 0 Å². The van der Waals surface area contributed by atoms with Gasteiger partial charge in [0.2, 0.25) is 5.91 Å². The van der Waals surface area contributed by atoms with E-state index in [4.69, 9.17) is 0 Å². The number of nitrogens with zero attached hydrogens (tertiary/aromatic N) is 1. The lowest BCUT2D eigenvalue weighted by Crippen LogP contribution is -2.67. The van der Waals surface area contributed by atoms with Crippen molar-refractivity contribution in [1.29, 1.82) is 0 Å². The quantitative estimate of drug-likeness (QED) is 0.369. The fraction of sp³-hybridized carbons (Fsp3) is 0.355. The number of hydrogen-bond donors (Lipinski definition) is 1. The molecule has 1 unspecified atom stereocenters. The van der Waals surface area contributed by atoms with Crippen LogP contribution in [0, 0.1) is 0 Å². The van der Waals surface area contributed by atoms with E-state index in [9.17, 15) is 9.59 Å². The van der Waals surface area contributed by atoms with Crippen LogP contribution in [0.4, 0.5) is 11.4 Å². The topological polar surface area (TPSA) is 49.4 Å². The van der Waals surface area contributed by atoms with Gasteiger partial charge in [-0.1, -0.05) is 90.1 Å². The molecule has 3 aromatic carbocycles. The minimum absolute atomic E-state index is 0.0551. The molecule has 1 fully saturated rings. The van der Waals surface area contributed by atoms with Crippen molar-refractivity contribution >= 4 is 23.2 Å². The van der Waals surface area contributed by atoms with Gasteiger partial charge in [-0.25, -0.2) is 0 Å². The number of carbonyl (C=O) groups is 2. The Morgan fingerprint density at radius 1 is 0.714 bits per heavy atom. The summed E-state index contributed by atoms with van der Waals surface area (Å²) in [6.07, 6.45) is 0.135. The third-order valence-electron chi connectivity index (χ3n) is 7.12. The molecule has 3 aromatic rings. The number of amides is 2. The van der Waals surface area contributed by atoms with Crippen LogP contribution in [0.3, 0.4) is 0 Å². The van der Waals surface area contributed by atoms with Crippen molar-refractivity contribution in [2.24, 2.45) is 0 Å². The minimum atomic E-state index is -1.09. The summed E-state index contributed by atoms with van der Waals surface area (Å²) in [5, 5.41) is 3.10. The summed E-state index contributed by atoms with van der Waals surface area (Å²) in [4.78, 5) is 28.7. The first-order chi connectivity index (χ1) is 16.6. The monoisotopic (exact) mass is 468 g/mol. The second-order valence-corrected chi connectivity index (χ2v) is 10.5. The number of nitrogens with one attached hydrogen (secondary N) is 1. The molecule has 0 aromatic heterocycles. The van der Waals surface area contributed by atoms with E-state index in [2.05, 4.69) is 59.0 Å². The van der Waals surface area contributed by atoms with Gasteiger partial charge in [0.25, 0.3) is 5.91 Å². The van der Waals surface area contributed by atoms with Gasteiger partial charge in [-0.05, 0) is 64.3 Å². The molecule has 35 heavy (non-hydrogen) atoms. The summed E-state index contributed by atoms with van der Waals surface area (Å²) >= 11 is 0. The molecule has 0 aliphatic carbocycles. The molecule has 1 N–H and O–H groups in total. The average molecular weight is 469 g/mol. The molecule has 0 bridgehead atoms. The molecular weight excluding hydrogens is 432 g/mol. The Bertz CT molecular complexity index is 1190. The molecule has 182 valence electrons. The van der Waals surface area contributed by atoms with Gasteiger partial charge in [-0.15, -0.1) is 0 Å². The Kier molecular flexibility index (Phi) is 6.84. The summed E-state index contributed by atoms with van der Waals surface area (Å²) in [5.74, 6) is 0.942. The molecule has 1 atom stereocenters. The predicted octanol–water partition coefficient (Wildman–Crippen LogP) is 7.33. The molecule has 1 aliphatic rings. The highest BCUT2D eigenvalue weighted by Gasteiger charge is 2.58. The van der Waals surface area contributed by atoms with Crippen molar-refractivity contribution in [1.82, 2.24) is 0 Å². The third-order valence-corrected chi connectivity index (χ3v) is 7.12. The standard InChI is InChI=1S/C31H36N2O2/c1-20(2)23-7-13-26(14-8-23)31(30(35)32-27-15-9-24(10-16-27)21(3)4)19-29(34)33(31)28-17-11-25(12-18-28)22(5)6/h7-18,20-22H,19H2,1-6H3,(H,32,35). The summed E-state index contributed by atoms with van der Waals surface area (Å²) in [6.45, 7) is 12.9. The summed E-state index contributed by atoms with van der Waals surface area (Å²) in [7, 11) is 0. The van der Waals surface area contributed by atoms with E-state index in [1.165, 1.54) is 16.7 Å². The van der Waals surface area contributed by atoms with Crippen molar-refractivity contribution < 1.29 is 9.59 Å². The van der Waals surface area contributed by atoms with Gasteiger partial charge in [0, 0.05) is 11.4 Å². The normalized spacial score (nSPS) is 17.7. The molecule has 1 aliphatic heterocycles. The van der Waals surface area contributed by atoms with Gasteiger partial charge in [0.05, 0.1) is 6.42 Å². The summed E-state index contributed by atoms with van der Waals surface area (Å²) in [6, 6.07) is 24.1. The second-order valence-electron chi connectivity index (χ2n) is 10.5. The van der Waals surface area contributed by atoms with Gasteiger partial charge in [0.1, 0.15) is 0 Å². The van der Waals surface area contributed by atoms with Crippen molar-refractivity contribution in [3.8, 4) is 0 Å². The zero-order valence-corrected chi connectivity index (χ0v) is 21.6. The van der Waals surface area contributed by atoms with Crippen LogP contribution in [-0.4, -0.2) is 11.8 Å². The van der Waals surface area contributed by atoms with E-state index in [0.717, 1.165) is 16.9 Å². The van der Waals surface area contributed by atoms with Crippen LogP contribution in [0.2, 0.25) is 0 Å². The predicted molar refractivity (Wildman–Crippen MR) is 144 cm³/mol. The van der Waals surface area contributed by atoms with Crippen LogP contribution in [0.25, 0.3) is 0 Å². The van der Waals surface area contributed by atoms with Crippen LogP contribution in [0.1, 0.15) is 88.0 Å². The average Bonchev–Trinajstić information content (AvgIpc) is 2.83. The van der Waals surface area contributed by atoms with E-state index < -0.39 is 5.54 Å². The number of hydrogen-bond acceptors (Lipinski definition) is 2. The van der Waals surface area contributed by atoms with Crippen LogP contribution < -0.4 is 10.2 Å². The lowest BCUT2D eigenvalue weighted by atomic mass is 9.75. The molecule has 0 spiro atoms. The van der Waals surface area contributed by atoms with E-state index >= 15 is 0 Å². The highest BCUT2D eigenvalue weighted by atomic mass is 16.2. The molecule has 4 heteroatoms. The Morgan fingerprint density at radius 2 is 1.14 bits per heavy atom. The highest BCUT2D eigenvalue weighted by Crippen LogP contribution is 2.46. The van der Waals surface area contributed by atoms with Gasteiger partial charge in [-0.2, -0.15) is 0 Å². The number of β-lactam (4-membered cyclic amide) rings is 1. The zero-order chi connectivity index (χ0) is 25.3. The van der Waals surface area contributed by atoms with Crippen LogP contribution >= 0.6 is 0 Å². The van der Waals surface area contributed by atoms with Gasteiger partial charge >= 0.3 is 0 Å². The van der Waals surface area contributed by atoms with Crippen LogP contribution in [0.15, 0.2) is 72.8 Å². The number of rotatable bonds is 7. The molecule has 4 rings (SSSR count). The maximum Gasteiger partial charge on any atom is 0.255 e. The van der Waals surface area contributed by atoms with E-state index in [1.807, 2.05) is 60.7 Å². The van der Waals surface area contributed by atoms with Crippen molar-refractivity contribution in [2.45, 2.75) is 71.3 Å². The van der Waals surface area contributed by atoms with Gasteiger partial charge in [0.15, 0.2) is 5.54 Å². The fourth-order valence-electron chi connectivity index (χ4n) is 4.74. The molecule has 2 amide bonds. The van der Waals surface area contributed by atoms with Crippen molar-refractivity contribution in [3.05, 3.63) is 95.1 Å². The summed E-state index contributed by atoms with van der Waals surface area (Å²) < 4.78 is 0. The first kappa shape index (κ1) is 24.7. The van der Waals surface area contributed by atoms with E-state index in [-0.39, 0.29) is 18.2 Å². The number of carbonyl (C=O) groups excluding carboxylic acids is 2. The first-order valence-electron chi connectivity index (χ1n) is 12.6. The van der Waals surface area contributed by atoms with Gasteiger partial charge in [-0.3, -0.25) is 14.5 Å². The zero-order valence-electron chi connectivity index (χ0n) is 21.6. The highest BCUT2D eigenvalue weighted by molar-refractivity contribution is 6.17.